The second kappa shape index (κ2) is 8.96. The minimum Gasteiger partial charge on any atom is -0.360 e. The van der Waals surface area contributed by atoms with Crippen LogP contribution in [0.5, 0.6) is 0 Å². The lowest BCUT2D eigenvalue weighted by Gasteiger charge is -2.38. The molecule has 1 aliphatic rings. The number of benzene rings is 1. The largest absolute Gasteiger partial charge is 0.360 e. The monoisotopic (exact) mass is 356 g/mol. The maximum atomic E-state index is 12.6. The summed E-state index contributed by atoms with van der Waals surface area (Å²) in [6, 6.07) is 12.2. The van der Waals surface area contributed by atoms with Crippen LogP contribution in [0.1, 0.15) is 24.7 Å². The summed E-state index contributed by atoms with van der Waals surface area (Å²) in [6.45, 7) is 8.77. The van der Waals surface area contributed by atoms with Gasteiger partial charge in [-0.25, -0.2) is 0 Å². The van der Waals surface area contributed by atoms with Crippen molar-refractivity contribution < 1.29 is 9.32 Å². The van der Waals surface area contributed by atoms with Crippen LogP contribution in [0.15, 0.2) is 40.9 Å². The van der Waals surface area contributed by atoms with Crippen LogP contribution in [-0.2, 0) is 11.2 Å². The highest BCUT2D eigenvalue weighted by Gasteiger charge is 2.28. The first-order valence-corrected chi connectivity index (χ1v) is 9.40. The summed E-state index contributed by atoms with van der Waals surface area (Å²) >= 11 is 0. The smallest absolute Gasteiger partial charge is 0.242 e. The van der Waals surface area contributed by atoms with Gasteiger partial charge in [-0.15, -0.1) is 0 Å². The zero-order valence-electron chi connectivity index (χ0n) is 15.6. The average molecular weight is 356 g/mol. The SMILES string of the molecule is CCC(C(=O)Nc1cc(C)on1)N1CCN(CCc2ccccc2)CC1. The minimum absolute atomic E-state index is 0.00136. The van der Waals surface area contributed by atoms with E-state index in [1.54, 1.807) is 6.07 Å². The van der Waals surface area contributed by atoms with E-state index in [4.69, 9.17) is 4.52 Å². The number of amides is 1. The summed E-state index contributed by atoms with van der Waals surface area (Å²) < 4.78 is 5.02. The number of hydrogen-bond donors (Lipinski definition) is 1. The molecule has 0 saturated carbocycles. The van der Waals surface area contributed by atoms with Crippen LogP contribution in [0, 0.1) is 6.92 Å². The molecule has 0 spiro atoms. The standard InChI is InChI=1S/C20H28N4O2/c1-3-18(20(25)21-19-15-16(2)26-22-19)24-13-11-23(12-14-24)10-9-17-7-5-4-6-8-17/h4-8,15,18H,3,9-14H2,1-2H3,(H,21,22,25). The van der Waals surface area contributed by atoms with Gasteiger partial charge in [-0.3, -0.25) is 9.69 Å². The third-order valence-corrected chi connectivity index (χ3v) is 4.98. The van der Waals surface area contributed by atoms with Gasteiger partial charge in [-0.1, -0.05) is 42.4 Å². The van der Waals surface area contributed by atoms with E-state index in [1.165, 1.54) is 5.56 Å². The lowest BCUT2D eigenvalue weighted by molar-refractivity contribution is -0.122. The van der Waals surface area contributed by atoms with Gasteiger partial charge in [0.05, 0.1) is 6.04 Å². The molecule has 0 radical (unpaired) electrons. The number of carbonyl (C=O) groups is 1. The molecule has 0 bridgehead atoms. The summed E-state index contributed by atoms with van der Waals surface area (Å²) in [5, 5.41) is 6.72. The van der Waals surface area contributed by atoms with E-state index in [0.717, 1.165) is 45.6 Å². The average Bonchev–Trinajstić information content (AvgIpc) is 3.07. The molecule has 1 atom stereocenters. The highest BCUT2D eigenvalue weighted by molar-refractivity contribution is 5.94. The van der Waals surface area contributed by atoms with Crippen molar-refractivity contribution in [1.82, 2.24) is 15.0 Å². The number of anilines is 1. The van der Waals surface area contributed by atoms with Crippen molar-refractivity contribution in [3.05, 3.63) is 47.7 Å². The Morgan fingerprint density at radius 2 is 1.96 bits per heavy atom. The van der Waals surface area contributed by atoms with Gasteiger partial charge in [0.25, 0.3) is 0 Å². The topological polar surface area (TPSA) is 61.6 Å². The summed E-state index contributed by atoms with van der Waals surface area (Å²) in [5.41, 5.74) is 1.38. The molecule has 6 nitrogen and oxygen atoms in total. The zero-order valence-corrected chi connectivity index (χ0v) is 15.6. The number of piperazine rings is 1. The van der Waals surface area contributed by atoms with Crippen molar-refractivity contribution in [2.24, 2.45) is 0 Å². The Kier molecular flexibility index (Phi) is 6.41. The first-order valence-electron chi connectivity index (χ1n) is 9.40. The molecule has 1 fully saturated rings. The molecule has 1 aliphatic heterocycles. The highest BCUT2D eigenvalue weighted by Crippen LogP contribution is 2.14. The van der Waals surface area contributed by atoms with Crippen molar-refractivity contribution in [3.8, 4) is 0 Å². The quantitative estimate of drug-likeness (QED) is 0.826. The summed E-state index contributed by atoms with van der Waals surface area (Å²) in [4.78, 5) is 17.4. The van der Waals surface area contributed by atoms with Gasteiger partial charge in [-0.05, 0) is 25.3 Å². The molecule has 3 rings (SSSR count). The van der Waals surface area contributed by atoms with Gasteiger partial charge < -0.3 is 14.7 Å². The Morgan fingerprint density at radius 3 is 2.58 bits per heavy atom. The molecule has 6 heteroatoms. The number of aromatic nitrogens is 1. The van der Waals surface area contributed by atoms with E-state index >= 15 is 0 Å². The number of aryl methyl sites for hydroxylation is 1. The molecule has 140 valence electrons. The Balaban J connectivity index is 1.46. The van der Waals surface area contributed by atoms with Crippen LogP contribution in [0.3, 0.4) is 0 Å². The molecule has 1 N–H and O–H groups in total. The van der Waals surface area contributed by atoms with E-state index < -0.39 is 0 Å². The lowest BCUT2D eigenvalue weighted by atomic mass is 10.1. The van der Waals surface area contributed by atoms with E-state index in [-0.39, 0.29) is 11.9 Å². The summed E-state index contributed by atoms with van der Waals surface area (Å²) in [7, 11) is 0. The van der Waals surface area contributed by atoms with Gasteiger partial charge in [0.1, 0.15) is 5.76 Å². The van der Waals surface area contributed by atoms with Crippen LogP contribution in [0.2, 0.25) is 0 Å². The van der Waals surface area contributed by atoms with Crippen LogP contribution < -0.4 is 5.32 Å². The molecule has 2 aromatic rings. The Labute approximate surface area is 155 Å². The minimum atomic E-state index is -0.122. The van der Waals surface area contributed by atoms with Crippen molar-refractivity contribution in [2.45, 2.75) is 32.7 Å². The van der Waals surface area contributed by atoms with Crippen molar-refractivity contribution in [2.75, 3.05) is 38.0 Å². The third kappa shape index (κ3) is 4.93. The molecule has 1 aromatic heterocycles. The molecule has 0 aliphatic carbocycles. The number of hydrogen-bond acceptors (Lipinski definition) is 5. The number of rotatable bonds is 7. The fourth-order valence-corrected chi connectivity index (χ4v) is 3.47. The summed E-state index contributed by atoms with van der Waals surface area (Å²) in [6.07, 6.45) is 1.86. The zero-order chi connectivity index (χ0) is 18.4. The van der Waals surface area contributed by atoms with E-state index in [0.29, 0.717) is 11.6 Å². The van der Waals surface area contributed by atoms with Gasteiger partial charge in [0, 0.05) is 38.8 Å². The normalized spacial score (nSPS) is 17.2. The number of nitrogens with zero attached hydrogens (tertiary/aromatic N) is 3. The van der Waals surface area contributed by atoms with Gasteiger partial charge in [-0.2, -0.15) is 0 Å². The second-order valence-corrected chi connectivity index (χ2v) is 6.85. The fraction of sp³-hybridized carbons (Fsp3) is 0.500. The molecule has 1 aromatic carbocycles. The maximum Gasteiger partial charge on any atom is 0.242 e. The predicted molar refractivity (Wildman–Crippen MR) is 102 cm³/mol. The maximum absolute atomic E-state index is 12.6. The first kappa shape index (κ1) is 18.6. The lowest BCUT2D eigenvalue weighted by Crippen LogP contribution is -2.53. The van der Waals surface area contributed by atoms with Crippen molar-refractivity contribution in [1.29, 1.82) is 0 Å². The van der Waals surface area contributed by atoms with Crippen molar-refractivity contribution in [3.63, 3.8) is 0 Å². The van der Waals surface area contributed by atoms with E-state index in [9.17, 15) is 4.79 Å². The number of carbonyl (C=O) groups excluding carboxylic acids is 1. The molecule has 1 amide bonds. The first-order chi connectivity index (χ1) is 12.7. The molecule has 1 unspecified atom stereocenters. The Hall–Kier alpha value is -2.18. The molecular weight excluding hydrogens is 328 g/mol. The Morgan fingerprint density at radius 1 is 1.23 bits per heavy atom. The molecule has 2 heterocycles. The van der Waals surface area contributed by atoms with Crippen LogP contribution in [-0.4, -0.2) is 59.6 Å². The predicted octanol–water partition coefficient (Wildman–Crippen LogP) is 2.56. The van der Waals surface area contributed by atoms with Gasteiger partial charge in [0.2, 0.25) is 5.91 Å². The van der Waals surface area contributed by atoms with Crippen LogP contribution in [0.25, 0.3) is 0 Å². The van der Waals surface area contributed by atoms with E-state index in [2.05, 4.69) is 57.5 Å². The molecule has 26 heavy (non-hydrogen) atoms. The molecular formula is C20H28N4O2. The Bertz CT molecular complexity index is 693. The highest BCUT2D eigenvalue weighted by atomic mass is 16.5. The van der Waals surface area contributed by atoms with Crippen molar-refractivity contribution >= 4 is 11.7 Å². The van der Waals surface area contributed by atoms with Gasteiger partial charge in [0.15, 0.2) is 5.82 Å². The van der Waals surface area contributed by atoms with E-state index in [1.807, 2.05) is 6.92 Å². The second-order valence-electron chi connectivity index (χ2n) is 6.85. The fourth-order valence-electron chi connectivity index (χ4n) is 3.47. The summed E-state index contributed by atoms with van der Waals surface area (Å²) in [5.74, 6) is 1.19. The van der Waals surface area contributed by atoms with Gasteiger partial charge >= 0.3 is 0 Å². The third-order valence-electron chi connectivity index (χ3n) is 4.98. The van der Waals surface area contributed by atoms with Crippen LogP contribution in [0.4, 0.5) is 5.82 Å². The van der Waals surface area contributed by atoms with Crippen LogP contribution >= 0.6 is 0 Å². The number of nitrogens with one attached hydrogen (secondary N) is 1. The molecule has 1 saturated heterocycles.